The summed E-state index contributed by atoms with van der Waals surface area (Å²) in [6.45, 7) is 0. The molecule has 4 nitrogen and oxygen atoms in total. The Morgan fingerprint density at radius 1 is 1.33 bits per heavy atom. The fourth-order valence-corrected chi connectivity index (χ4v) is 2.17. The average molecular weight is 268 g/mol. The molecule has 0 saturated carbocycles. The van der Waals surface area contributed by atoms with Crippen molar-refractivity contribution in [3.8, 4) is 0 Å². The van der Waals surface area contributed by atoms with E-state index in [0.717, 1.165) is 0 Å². The second-order valence-corrected chi connectivity index (χ2v) is 5.10. The predicted octanol–water partition coefficient (Wildman–Crippen LogP) is -0.295. The first-order valence-corrected chi connectivity index (χ1v) is 6.31. The number of benzene rings is 1. The quantitative estimate of drug-likeness (QED) is 0.449. The van der Waals surface area contributed by atoms with Gasteiger partial charge in [0.25, 0.3) is 5.84 Å². The third-order valence-electron chi connectivity index (χ3n) is 1.53. The minimum atomic E-state index is -3.64. The number of hydrogen-bond acceptors (Lipinski definition) is 2. The van der Waals surface area contributed by atoms with Crippen LogP contribution in [0.5, 0.6) is 0 Å². The van der Waals surface area contributed by atoms with Crippen LogP contribution in [0.2, 0.25) is 5.02 Å². The van der Waals surface area contributed by atoms with E-state index in [2.05, 4.69) is 4.40 Å². The van der Waals surface area contributed by atoms with Crippen LogP contribution in [0.15, 0.2) is 29.2 Å². The van der Waals surface area contributed by atoms with Crippen LogP contribution in [-0.2, 0) is 10.0 Å². The van der Waals surface area contributed by atoms with Crippen molar-refractivity contribution in [1.29, 1.82) is 0 Å². The van der Waals surface area contributed by atoms with Gasteiger partial charge in [-0.15, -0.1) is 11.6 Å². The van der Waals surface area contributed by atoms with E-state index in [-0.39, 0.29) is 16.6 Å². The molecule has 0 spiro atoms. The number of halogens is 2. The standard InChI is InChI=1S/C8H8Cl2N2O2S/c9-5-8(11)12-15(13,14)7-3-1-6(10)2-4-7/h1-4H,5H2,(H2,11,12)/p+1. The molecule has 0 amide bonds. The first-order valence-electron chi connectivity index (χ1n) is 3.91. The maximum Gasteiger partial charge on any atom is 0.328 e. The molecule has 0 aliphatic rings. The van der Waals surface area contributed by atoms with E-state index in [9.17, 15) is 8.42 Å². The highest BCUT2D eigenvalue weighted by Crippen LogP contribution is 2.11. The molecule has 0 heterocycles. The second kappa shape index (κ2) is 4.83. The van der Waals surface area contributed by atoms with Gasteiger partial charge in [0, 0.05) is 5.02 Å². The summed E-state index contributed by atoms with van der Waals surface area (Å²) in [6, 6.07) is 5.72. The first kappa shape index (κ1) is 12.3. The molecule has 1 rings (SSSR count). The molecule has 0 unspecified atom stereocenters. The summed E-state index contributed by atoms with van der Waals surface area (Å²) in [5.74, 6) is -0.0982. The van der Waals surface area contributed by atoms with Gasteiger partial charge in [-0.2, -0.15) is 12.8 Å². The molecule has 0 aromatic heterocycles. The molecule has 0 saturated heterocycles. The number of hydrogen-bond donors (Lipinski definition) is 2. The van der Waals surface area contributed by atoms with Gasteiger partial charge in [0.1, 0.15) is 10.8 Å². The Kier molecular flexibility index (Phi) is 3.96. The van der Waals surface area contributed by atoms with Gasteiger partial charge in [-0.3, -0.25) is 5.73 Å². The van der Waals surface area contributed by atoms with Gasteiger partial charge in [-0.05, 0) is 24.3 Å². The first-order chi connectivity index (χ1) is 6.95. The molecular formula is C8H9Cl2N2O2S+. The molecule has 3 N–H and O–H groups in total. The largest absolute Gasteiger partial charge is 0.328 e. The Bertz CT molecular complexity index is 468. The highest BCUT2D eigenvalue weighted by molar-refractivity contribution is 7.84. The maximum absolute atomic E-state index is 11.6. The van der Waals surface area contributed by atoms with Crippen LogP contribution in [0, 0.1) is 0 Å². The zero-order valence-corrected chi connectivity index (χ0v) is 9.90. The maximum atomic E-state index is 11.6. The van der Waals surface area contributed by atoms with Gasteiger partial charge in [-0.1, -0.05) is 11.6 Å². The lowest BCUT2D eigenvalue weighted by Crippen LogP contribution is -2.79. The molecular weight excluding hydrogens is 259 g/mol. The van der Waals surface area contributed by atoms with Crippen LogP contribution in [0.3, 0.4) is 0 Å². The summed E-state index contributed by atoms with van der Waals surface area (Å²) in [4.78, 5) is 0.0833. The molecule has 7 heteroatoms. The molecule has 0 bridgehead atoms. The van der Waals surface area contributed by atoms with Crippen molar-refractivity contribution in [2.75, 3.05) is 5.88 Å². The van der Waals surface area contributed by atoms with Crippen molar-refractivity contribution in [1.82, 2.24) is 0 Å². The number of sulfonamides is 1. The lowest BCUT2D eigenvalue weighted by atomic mass is 10.4. The Morgan fingerprint density at radius 3 is 2.33 bits per heavy atom. The van der Waals surface area contributed by atoms with Gasteiger partial charge < -0.3 is 0 Å². The molecule has 0 aliphatic carbocycles. The van der Waals surface area contributed by atoms with E-state index < -0.39 is 10.0 Å². The van der Waals surface area contributed by atoms with Gasteiger partial charge in [0.2, 0.25) is 0 Å². The summed E-state index contributed by atoms with van der Waals surface area (Å²) in [5, 5.41) is 0.461. The fourth-order valence-electron chi connectivity index (χ4n) is 0.873. The summed E-state index contributed by atoms with van der Waals surface area (Å²) in [6.07, 6.45) is 0. The number of amidine groups is 1. The van der Waals surface area contributed by atoms with Crippen molar-refractivity contribution < 1.29 is 12.8 Å². The summed E-state index contributed by atoms with van der Waals surface area (Å²) < 4.78 is 25.3. The van der Waals surface area contributed by atoms with E-state index in [1.165, 1.54) is 24.3 Å². The van der Waals surface area contributed by atoms with Crippen LogP contribution >= 0.6 is 23.2 Å². The van der Waals surface area contributed by atoms with Crippen molar-refractivity contribution in [2.45, 2.75) is 4.90 Å². The third kappa shape index (κ3) is 3.37. The molecule has 0 radical (unpaired) electrons. The monoisotopic (exact) mass is 267 g/mol. The SMILES string of the molecule is NC(CCl)=[NH+]S(=O)(=O)c1ccc(Cl)cc1. The molecule has 0 aliphatic heterocycles. The third-order valence-corrected chi connectivity index (χ3v) is 3.50. The Hall–Kier alpha value is -0.780. The van der Waals surface area contributed by atoms with Crippen LogP contribution in [-0.4, -0.2) is 20.1 Å². The average Bonchev–Trinajstić information content (AvgIpc) is 2.17. The van der Waals surface area contributed by atoms with E-state index in [1.54, 1.807) is 0 Å². The van der Waals surface area contributed by atoms with E-state index >= 15 is 0 Å². The number of alkyl halides is 1. The van der Waals surface area contributed by atoms with Crippen LogP contribution < -0.4 is 10.1 Å². The summed E-state index contributed by atoms with van der Waals surface area (Å²) >= 11 is 11.0. The number of rotatable bonds is 3. The molecule has 0 atom stereocenters. The fraction of sp³-hybridized carbons (Fsp3) is 0.125. The minimum Gasteiger partial charge on any atom is -0.289 e. The van der Waals surface area contributed by atoms with Gasteiger partial charge in [-0.25, -0.2) is 0 Å². The molecule has 15 heavy (non-hydrogen) atoms. The lowest BCUT2D eigenvalue weighted by Gasteiger charge is -1.97. The zero-order chi connectivity index (χ0) is 11.5. The number of nitrogens with one attached hydrogen (secondary N) is 1. The summed E-state index contributed by atoms with van der Waals surface area (Å²) in [7, 11) is -3.64. The molecule has 1 aromatic rings. The smallest absolute Gasteiger partial charge is 0.289 e. The Balaban J connectivity index is 3.13. The van der Waals surface area contributed by atoms with Crippen molar-refractivity contribution in [2.24, 2.45) is 5.73 Å². The molecule has 0 fully saturated rings. The van der Waals surface area contributed by atoms with Crippen LogP contribution in [0.4, 0.5) is 0 Å². The van der Waals surface area contributed by atoms with Crippen molar-refractivity contribution in [3.63, 3.8) is 0 Å². The van der Waals surface area contributed by atoms with Gasteiger partial charge in [0.05, 0.1) is 0 Å². The molecule has 1 aromatic carbocycles. The van der Waals surface area contributed by atoms with Crippen molar-refractivity contribution >= 4 is 39.1 Å². The second-order valence-electron chi connectivity index (χ2n) is 2.72. The van der Waals surface area contributed by atoms with Crippen LogP contribution in [0.1, 0.15) is 0 Å². The Morgan fingerprint density at radius 2 is 1.87 bits per heavy atom. The highest BCUT2D eigenvalue weighted by atomic mass is 35.5. The Labute approximate surface area is 97.8 Å². The predicted molar refractivity (Wildman–Crippen MR) is 59.5 cm³/mol. The highest BCUT2D eigenvalue weighted by Gasteiger charge is 2.15. The van der Waals surface area contributed by atoms with Crippen LogP contribution in [0.25, 0.3) is 0 Å². The minimum absolute atomic E-state index is 0.0217. The molecule has 82 valence electrons. The van der Waals surface area contributed by atoms with Gasteiger partial charge >= 0.3 is 10.0 Å². The van der Waals surface area contributed by atoms with Gasteiger partial charge in [0.15, 0.2) is 0 Å². The van der Waals surface area contributed by atoms with Crippen molar-refractivity contribution in [3.05, 3.63) is 29.3 Å². The summed E-state index contributed by atoms with van der Waals surface area (Å²) in [5.41, 5.74) is 5.29. The normalized spacial score (nSPS) is 12.8. The topological polar surface area (TPSA) is 74.1 Å². The van der Waals surface area contributed by atoms with E-state index in [1.807, 2.05) is 0 Å². The number of nitrogens with two attached hydrogens (primary N) is 1. The zero-order valence-electron chi connectivity index (χ0n) is 7.57. The lowest BCUT2D eigenvalue weighted by molar-refractivity contribution is -0.269. The van der Waals surface area contributed by atoms with E-state index in [4.69, 9.17) is 28.9 Å². The van der Waals surface area contributed by atoms with E-state index in [0.29, 0.717) is 5.02 Å².